The van der Waals surface area contributed by atoms with E-state index in [2.05, 4.69) is 15.6 Å². The molecule has 1 saturated heterocycles. The molecule has 0 radical (unpaired) electrons. The largest absolute Gasteiger partial charge is 0.450 e. The van der Waals surface area contributed by atoms with E-state index in [4.69, 9.17) is 4.74 Å². The molecule has 0 spiro atoms. The molecular formula is C22H28N4O3. The summed E-state index contributed by atoms with van der Waals surface area (Å²) in [6.07, 6.45) is 3.93. The fourth-order valence-corrected chi connectivity index (χ4v) is 3.33. The van der Waals surface area contributed by atoms with Gasteiger partial charge in [-0.15, -0.1) is 0 Å². The summed E-state index contributed by atoms with van der Waals surface area (Å²) < 4.78 is 5.04. The van der Waals surface area contributed by atoms with E-state index in [9.17, 15) is 9.59 Å². The van der Waals surface area contributed by atoms with Crippen LogP contribution in [0.5, 0.6) is 0 Å². The molecule has 3 rings (SSSR count). The Morgan fingerprint density at radius 1 is 1.14 bits per heavy atom. The standard InChI is InChI=1S/C22H28N4O3/c1-2-29-22(28)26-14-11-18(12-15-26)25-19-8-9-20(24-16-19)21(27)23-13-10-17-6-4-3-5-7-17/h3-9,16,18,25H,2,10-15H2,1H3,(H,23,27). The number of carbonyl (C=O) groups excluding carboxylic acids is 2. The number of benzene rings is 1. The van der Waals surface area contributed by atoms with Crippen molar-refractivity contribution < 1.29 is 14.3 Å². The number of nitrogens with one attached hydrogen (secondary N) is 2. The van der Waals surface area contributed by atoms with Crippen molar-refractivity contribution in [3.05, 3.63) is 59.9 Å². The van der Waals surface area contributed by atoms with E-state index in [1.807, 2.05) is 43.3 Å². The number of ether oxygens (including phenoxy) is 1. The molecule has 7 nitrogen and oxygen atoms in total. The molecule has 1 aliphatic heterocycles. The summed E-state index contributed by atoms with van der Waals surface area (Å²) in [6, 6.07) is 13.9. The number of anilines is 1. The third-order valence-electron chi connectivity index (χ3n) is 4.93. The molecule has 1 fully saturated rings. The van der Waals surface area contributed by atoms with Crippen molar-refractivity contribution in [2.75, 3.05) is 31.6 Å². The summed E-state index contributed by atoms with van der Waals surface area (Å²) in [5.41, 5.74) is 2.47. The molecule has 1 aromatic carbocycles. The Morgan fingerprint density at radius 3 is 2.55 bits per heavy atom. The maximum Gasteiger partial charge on any atom is 0.409 e. The number of hydrogen-bond acceptors (Lipinski definition) is 5. The molecule has 0 bridgehead atoms. The van der Waals surface area contributed by atoms with Crippen LogP contribution in [0.4, 0.5) is 10.5 Å². The molecule has 0 unspecified atom stereocenters. The second kappa shape index (κ2) is 10.5. The number of likely N-dealkylation sites (tertiary alicyclic amines) is 1. The number of carbonyl (C=O) groups is 2. The molecule has 0 aliphatic carbocycles. The van der Waals surface area contributed by atoms with Crippen LogP contribution in [-0.4, -0.2) is 54.2 Å². The number of rotatable bonds is 7. The molecular weight excluding hydrogens is 368 g/mol. The fourth-order valence-electron chi connectivity index (χ4n) is 3.33. The van der Waals surface area contributed by atoms with Gasteiger partial charge in [0.2, 0.25) is 0 Å². The summed E-state index contributed by atoms with van der Waals surface area (Å²) in [7, 11) is 0. The van der Waals surface area contributed by atoms with Crippen LogP contribution in [0, 0.1) is 0 Å². The lowest BCUT2D eigenvalue weighted by atomic mass is 10.1. The van der Waals surface area contributed by atoms with Crippen molar-refractivity contribution in [3.8, 4) is 0 Å². The second-order valence-corrected chi connectivity index (χ2v) is 7.03. The van der Waals surface area contributed by atoms with Crippen LogP contribution in [0.25, 0.3) is 0 Å². The minimum atomic E-state index is -0.241. The van der Waals surface area contributed by atoms with E-state index in [1.165, 1.54) is 5.56 Å². The highest BCUT2D eigenvalue weighted by Crippen LogP contribution is 2.17. The lowest BCUT2D eigenvalue weighted by Crippen LogP contribution is -2.42. The summed E-state index contributed by atoms with van der Waals surface area (Å²) in [5, 5.41) is 6.33. The van der Waals surface area contributed by atoms with Crippen LogP contribution in [0.2, 0.25) is 0 Å². The Kier molecular flexibility index (Phi) is 7.44. The van der Waals surface area contributed by atoms with Crippen LogP contribution in [-0.2, 0) is 11.2 Å². The molecule has 0 saturated carbocycles. The Balaban J connectivity index is 1.42. The lowest BCUT2D eigenvalue weighted by Gasteiger charge is -2.32. The number of aromatic nitrogens is 1. The van der Waals surface area contributed by atoms with E-state index >= 15 is 0 Å². The van der Waals surface area contributed by atoms with Crippen molar-refractivity contribution in [3.63, 3.8) is 0 Å². The molecule has 2 aromatic rings. The maximum absolute atomic E-state index is 12.2. The first kappa shape index (κ1) is 20.6. The van der Waals surface area contributed by atoms with Gasteiger partial charge in [0.25, 0.3) is 5.91 Å². The number of pyridine rings is 1. The third-order valence-corrected chi connectivity index (χ3v) is 4.93. The quantitative estimate of drug-likeness (QED) is 0.751. The Morgan fingerprint density at radius 2 is 1.90 bits per heavy atom. The maximum atomic E-state index is 12.2. The van der Waals surface area contributed by atoms with Crippen molar-refractivity contribution in [1.82, 2.24) is 15.2 Å². The molecule has 7 heteroatoms. The van der Waals surface area contributed by atoms with Gasteiger partial charge >= 0.3 is 6.09 Å². The van der Waals surface area contributed by atoms with Crippen LogP contribution in [0.3, 0.4) is 0 Å². The normalized spacial score (nSPS) is 14.3. The van der Waals surface area contributed by atoms with Gasteiger partial charge in [0.15, 0.2) is 0 Å². The summed E-state index contributed by atoms with van der Waals surface area (Å²) in [4.78, 5) is 30.0. The van der Waals surface area contributed by atoms with Gasteiger partial charge in [0.05, 0.1) is 18.5 Å². The van der Waals surface area contributed by atoms with Crippen molar-refractivity contribution in [1.29, 1.82) is 0 Å². The monoisotopic (exact) mass is 396 g/mol. The molecule has 1 aliphatic rings. The van der Waals surface area contributed by atoms with E-state index in [1.54, 1.807) is 17.2 Å². The zero-order valence-electron chi connectivity index (χ0n) is 16.8. The molecule has 2 amide bonds. The highest BCUT2D eigenvalue weighted by Gasteiger charge is 2.23. The van der Waals surface area contributed by atoms with Crippen molar-refractivity contribution in [2.45, 2.75) is 32.2 Å². The minimum absolute atomic E-state index is 0.171. The highest BCUT2D eigenvalue weighted by molar-refractivity contribution is 5.92. The summed E-state index contributed by atoms with van der Waals surface area (Å²) >= 11 is 0. The minimum Gasteiger partial charge on any atom is -0.450 e. The predicted octanol–water partition coefficient (Wildman–Crippen LogP) is 3.09. The average molecular weight is 396 g/mol. The van der Waals surface area contributed by atoms with Crippen LogP contribution >= 0.6 is 0 Å². The Labute approximate surface area is 171 Å². The first-order chi connectivity index (χ1) is 14.2. The van der Waals surface area contributed by atoms with Crippen LogP contribution in [0.1, 0.15) is 35.8 Å². The van der Waals surface area contributed by atoms with Crippen molar-refractivity contribution >= 4 is 17.7 Å². The Bertz CT molecular complexity index is 787. The van der Waals surface area contributed by atoms with Gasteiger partial charge < -0.3 is 20.3 Å². The third kappa shape index (κ3) is 6.20. The Hall–Kier alpha value is -3.09. The molecule has 154 valence electrons. The van der Waals surface area contributed by atoms with Crippen molar-refractivity contribution in [2.24, 2.45) is 0 Å². The van der Waals surface area contributed by atoms with Gasteiger partial charge in [-0.1, -0.05) is 30.3 Å². The van der Waals surface area contributed by atoms with Crippen LogP contribution < -0.4 is 10.6 Å². The SMILES string of the molecule is CCOC(=O)N1CCC(Nc2ccc(C(=O)NCCc3ccccc3)nc2)CC1. The first-order valence-corrected chi connectivity index (χ1v) is 10.1. The molecule has 0 atom stereocenters. The van der Waals surface area contributed by atoms with E-state index in [0.29, 0.717) is 31.9 Å². The highest BCUT2D eigenvalue weighted by atomic mass is 16.6. The summed E-state index contributed by atoms with van der Waals surface area (Å²) in [5.74, 6) is -0.171. The topological polar surface area (TPSA) is 83.6 Å². The van der Waals surface area contributed by atoms with Gasteiger partial charge in [-0.05, 0) is 43.9 Å². The first-order valence-electron chi connectivity index (χ1n) is 10.1. The van der Waals surface area contributed by atoms with E-state index in [-0.39, 0.29) is 18.0 Å². The van der Waals surface area contributed by atoms with Gasteiger partial charge in [-0.3, -0.25) is 4.79 Å². The zero-order chi connectivity index (χ0) is 20.5. The lowest BCUT2D eigenvalue weighted by molar-refractivity contribution is 0.0948. The molecule has 2 heterocycles. The van der Waals surface area contributed by atoms with Crippen LogP contribution in [0.15, 0.2) is 48.7 Å². The zero-order valence-corrected chi connectivity index (χ0v) is 16.8. The number of nitrogens with zero attached hydrogens (tertiary/aromatic N) is 2. The summed E-state index contributed by atoms with van der Waals surface area (Å²) in [6.45, 7) is 4.13. The van der Waals surface area contributed by atoms with Gasteiger partial charge in [0.1, 0.15) is 5.69 Å². The number of piperidine rings is 1. The van der Waals surface area contributed by atoms with Gasteiger partial charge in [-0.25, -0.2) is 9.78 Å². The molecule has 1 aromatic heterocycles. The molecule has 2 N–H and O–H groups in total. The van der Waals surface area contributed by atoms with Gasteiger partial charge in [-0.2, -0.15) is 0 Å². The molecule has 29 heavy (non-hydrogen) atoms. The predicted molar refractivity (Wildman–Crippen MR) is 112 cm³/mol. The second-order valence-electron chi connectivity index (χ2n) is 7.03. The fraction of sp³-hybridized carbons (Fsp3) is 0.409. The van der Waals surface area contributed by atoms with Gasteiger partial charge in [0, 0.05) is 25.7 Å². The number of amides is 2. The average Bonchev–Trinajstić information content (AvgIpc) is 2.75. The van der Waals surface area contributed by atoms with E-state index < -0.39 is 0 Å². The smallest absolute Gasteiger partial charge is 0.409 e. The van der Waals surface area contributed by atoms with E-state index in [0.717, 1.165) is 24.9 Å². The number of hydrogen-bond donors (Lipinski definition) is 2.